The van der Waals surface area contributed by atoms with Gasteiger partial charge in [0.25, 0.3) is 0 Å². The van der Waals surface area contributed by atoms with Crippen molar-refractivity contribution in [1.29, 1.82) is 0 Å². The number of phenols is 1. The first-order valence-electron chi connectivity index (χ1n) is 6.15. The van der Waals surface area contributed by atoms with Crippen LogP contribution in [0.15, 0.2) is 57.7 Å². The predicted molar refractivity (Wildman–Crippen MR) is 76.5 cm³/mol. The van der Waals surface area contributed by atoms with Gasteiger partial charge in [0, 0.05) is 11.6 Å². The van der Waals surface area contributed by atoms with Crippen molar-refractivity contribution in [1.82, 2.24) is 0 Å². The van der Waals surface area contributed by atoms with Crippen molar-refractivity contribution in [3.63, 3.8) is 0 Å². The highest BCUT2D eigenvalue weighted by Crippen LogP contribution is 2.24. The van der Waals surface area contributed by atoms with E-state index in [1.165, 1.54) is 36.4 Å². The maximum atomic E-state index is 12.1. The van der Waals surface area contributed by atoms with E-state index in [2.05, 4.69) is 0 Å². The van der Waals surface area contributed by atoms with Gasteiger partial charge < -0.3 is 14.6 Å². The first kappa shape index (κ1) is 12.9. The lowest BCUT2D eigenvalue weighted by atomic mass is 10.1. The fourth-order valence-corrected chi connectivity index (χ4v) is 2.06. The third kappa shape index (κ3) is 2.36. The van der Waals surface area contributed by atoms with Gasteiger partial charge in [-0.1, -0.05) is 0 Å². The average molecular weight is 282 g/mol. The monoisotopic (exact) mass is 282 g/mol. The molecule has 5 heteroatoms. The van der Waals surface area contributed by atoms with E-state index in [4.69, 9.17) is 9.52 Å². The third-order valence-corrected chi connectivity index (χ3v) is 3.13. The van der Waals surface area contributed by atoms with Crippen LogP contribution in [0.1, 0.15) is 10.4 Å². The number of carboxylic acid groups (broad SMARTS) is 1. The Morgan fingerprint density at radius 1 is 1.00 bits per heavy atom. The standard InChI is InChI=1S/C16H10O5/c17-11-4-1-9(2-5-11)15-8-13(18)12-7-10(16(19)20)3-6-14(12)21-15/h1-8,17H,(H,19,20). The highest BCUT2D eigenvalue weighted by atomic mass is 16.4. The van der Waals surface area contributed by atoms with Crippen LogP contribution in [-0.4, -0.2) is 16.2 Å². The summed E-state index contributed by atoms with van der Waals surface area (Å²) in [7, 11) is 0. The summed E-state index contributed by atoms with van der Waals surface area (Å²) < 4.78 is 5.63. The SMILES string of the molecule is O=C(O)c1ccc2oc(-c3ccc(O)cc3)cc(=O)c2c1. The number of carbonyl (C=O) groups is 1. The van der Waals surface area contributed by atoms with Crippen molar-refractivity contribution in [2.75, 3.05) is 0 Å². The van der Waals surface area contributed by atoms with Gasteiger partial charge in [0.05, 0.1) is 10.9 Å². The van der Waals surface area contributed by atoms with Gasteiger partial charge in [-0.05, 0) is 42.5 Å². The normalized spacial score (nSPS) is 10.7. The van der Waals surface area contributed by atoms with Crippen molar-refractivity contribution in [3.05, 3.63) is 64.3 Å². The molecule has 0 aliphatic rings. The predicted octanol–water partition coefficient (Wildman–Crippen LogP) is 2.86. The summed E-state index contributed by atoms with van der Waals surface area (Å²) in [5.41, 5.74) is 0.680. The lowest BCUT2D eigenvalue weighted by molar-refractivity contribution is 0.0697. The first-order chi connectivity index (χ1) is 10.0. The third-order valence-electron chi connectivity index (χ3n) is 3.13. The van der Waals surface area contributed by atoms with Crippen LogP contribution < -0.4 is 5.43 Å². The van der Waals surface area contributed by atoms with E-state index in [-0.39, 0.29) is 22.1 Å². The van der Waals surface area contributed by atoms with Gasteiger partial charge in [0.1, 0.15) is 17.1 Å². The zero-order valence-electron chi connectivity index (χ0n) is 10.7. The molecule has 2 N–H and O–H groups in total. The van der Waals surface area contributed by atoms with Crippen molar-refractivity contribution in [3.8, 4) is 17.1 Å². The molecular formula is C16H10O5. The molecule has 0 radical (unpaired) electrons. The van der Waals surface area contributed by atoms with Crippen LogP contribution in [0.2, 0.25) is 0 Å². The van der Waals surface area contributed by atoms with E-state index in [0.29, 0.717) is 16.9 Å². The number of hydrogen-bond donors (Lipinski definition) is 2. The van der Waals surface area contributed by atoms with Gasteiger partial charge >= 0.3 is 5.97 Å². The molecule has 1 heterocycles. The summed E-state index contributed by atoms with van der Waals surface area (Å²) in [5.74, 6) is -0.623. The van der Waals surface area contributed by atoms with Gasteiger partial charge in [-0.25, -0.2) is 4.79 Å². The molecule has 104 valence electrons. The van der Waals surface area contributed by atoms with Crippen molar-refractivity contribution < 1.29 is 19.4 Å². The first-order valence-corrected chi connectivity index (χ1v) is 6.15. The molecule has 1 aromatic heterocycles. The van der Waals surface area contributed by atoms with Crippen molar-refractivity contribution in [2.24, 2.45) is 0 Å². The lowest BCUT2D eigenvalue weighted by Crippen LogP contribution is -2.03. The second kappa shape index (κ2) is 4.79. The minimum absolute atomic E-state index is 0.0344. The lowest BCUT2D eigenvalue weighted by Gasteiger charge is -2.04. The molecule has 0 amide bonds. The number of benzene rings is 2. The molecule has 21 heavy (non-hydrogen) atoms. The number of aromatic carboxylic acids is 1. The zero-order valence-corrected chi connectivity index (χ0v) is 10.7. The number of aromatic hydroxyl groups is 1. The number of phenolic OH excluding ortho intramolecular Hbond substituents is 1. The van der Waals surface area contributed by atoms with E-state index >= 15 is 0 Å². The summed E-state index contributed by atoms with van der Waals surface area (Å²) in [6.07, 6.45) is 0. The number of hydrogen-bond acceptors (Lipinski definition) is 4. The molecule has 0 saturated carbocycles. The second-order valence-electron chi connectivity index (χ2n) is 4.54. The number of fused-ring (bicyclic) bond motifs is 1. The molecule has 5 nitrogen and oxygen atoms in total. The highest BCUT2D eigenvalue weighted by molar-refractivity contribution is 5.93. The van der Waals surface area contributed by atoms with E-state index in [1.807, 2.05) is 0 Å². The average Bonchev–Trinajstić information content (AvgIpc) is 2.47. The molecule has 0 atom stereocenters. The molecule has 3 aromatic rings. The smallest absolute Gasteiger partial charge is 0.335 e. The van der Waals surface area contributed by atoms with Crippen LogP contribution in [0, 0.1) is 0 Å². The molecule has 0 aliphatic carbocycles. The minimum Gasteiger partial charge on any atom is -0.508 e. The van der Waals surface area contributed by atoms with Gasteiger partial charge in [-0.2, -0.15) is 0 Å². The quantitative estimate of drug-likeness (QED) is 0.754. The molecule has 0 bridgehead atoms. The Kier molecular flexibility index (Phi) is 2.95. The Morgan fingerprint density at radius 3 is 2.38 bits per heavy atom. The molecular weight excluding hydrogens is 272 g/mol. The van der Waals surface area contributed by atoms with Crippen LogP contribution in [-0.2, 0) is 0 Å². The van der Waals surface area contributed by atoms with E-state index < -0.39 is 5.97 Å². The van der Waals surface area contributed by atoms with Crippen LogP contribution >= 0.6 is 0 Å². The summed E-state index contributed by atoms with van der Waals surface area (Å²) in [6.45, 7) is 0. The summed E-state index contributed by atoms with van der Waals surface area (Å²) in [6, 6.07) is 11.7. The summed E-state index contributed by atoms with van der Waals surface area (Å²) >= 11 is 0. The largest absolute Gasteiger partial charge is 0.508 e. The molecule has 0 aliphatic heterocycles. The Hall–Kier alpha value is -3.08. The van der Waals surface area contributed by atoms with Crippen LogP contribution in [0.4, 0.5) is 0 Å². The maximum Gasteiger partial charge on any atom is 0.335 e. The minimum atomic E-state index is -1.10. The Bertz CT molecular complexity index is 891. The van der Waals surface area contributed by atoms with Crippen LogP contribution in [0.3, 0.4) is 0 Å². The molecule has 0 spiro atoms. The van der Waals surface area contributed by atoms with Crippen LogP contribution in [0.5, 0.6) is 5.75 Å². The highest BCUT2D eigenvalue weighted by Gasteiger charge is 2.10. The Balaban J connectivity index is 2.20. The zero-order chi connectivity index (χ0) is 15.0. The van der Waals surface area contributed by atoms with E-state index in [0.717, 1.165) is 0 Å². The van der Waals surface area contributed by atoms with E-state index in [1.54, 1.807) is 12.1 Å². The molecule has 3 rings (SSSR count). The number of carboxylic acids is 1. The molecule has 0 saturated heterocycles. The topological polar surface area (TPSA) is 87.7 Å². The Morgan fingerprint density at radius 2 is 1.71 bits per heavy atom. The van der Waals surface area contributed by atoms with Gasteiger partial charge in [-0.3, -0.25) is 4.79 Å². The fourth-order valence-electron chi connectivity index (χ4n) is 2.06. The summed E-state index contributed by atoms with van der Waals surface area (Å²) in [5, 5.41) is 18.4. The summed E-state index contributed by atoms with van der Waals surface area (Å²) in [4.78, 5) is 23.0. The molecule has 2 aromatic carbocycles. The van der Waals surface area contributed by atoms with Crippen molar-refractivity contribution >= 4 is 16.9 Å². The van der Waals surface area contributed by atoms with Crippen LogP contribution in [0.25, 0.3) is 22.3 Å². The van der Waals surface area contributed by atoms with Gasteiger partial charge in [-0.15, -0.1) is 0 Å². The molecule has 0 fully saturated rings. The van der Waals surface area contributed by atoms with Gasteiger partial charge in [0.2, 0.25) is 0 Å². The second-order valence-corrected chi connectivity index (χ2v) is 4.54. The maximum absolute atomic E-state index is 12.1. The fraction of sp³-hybridized carbons (Fsp3) is 0. The van der Waals surface area contributed by atoms with Gasteiger partial charge in [0.15, 0.2) is 5.43 Å². The Labute approximate surface area is 118 Å². The number of rotatable bonds is 2. The van der Waals surface area contributed by atoms with E-state index in [9.17, 15) is 14.7 Å². The van der Waals surface area contributed by atoms with Crippen molar-refractivity contribution in [2.45, 2.75) is 0 Å². The molecule has 0 unspecified atom stereocenters.